The van der Waals surface area contributed by atoms with Gasteiger partial charge in [-0.05, 0) is 53.2 Å². The molecule has 3 nitrogen and oxygen atoms in total. The fourth-order valence-electron chi connectivity index (χ4n) is 2.53. The first kappa shape index (κ1) is 13.9. The Labute approximate surface area is 100 Å². The van der Waals surface area contributed by atoms with Gasteiger partial charge in [-0.1, -0.05) is 12.8 Å². The minimum Gasteiger partial charge on any atom is -0.394 e. The zero-order valence-electron chi connectivity index (χ0n) is 11.1. The lowest BCUT2D eigenvalue weighted by Crippen LogP contribution is -2.44. The zero-order chi connectivity index (χ0) is 12.0. The molecular weight excluding hydrogens is 200 g/mol. The van der Waals surface area contributed by atoms with Crippen LogP contribution in [0, 0.1) is 0 Å². The van der Waals surface area contributed by atoms with Gasteiger partial charge >= 0.3 is 0 Å². The summed E-state index contributed by atoms with van der Waals surface area (Å²) in [5, 5.41) is 12.5. The van der Waals surface area contributed by atoms with Gasteiger partial charge in [0.1, 0.15) is 0 Å². The van der Waals surface area contributed by atoms with Crippen LogP contribution in [0.25, 0.3) is 0 Å². The van der Waals surface area contributed by atoms with Crippen LogP contribution in [0.1, 0.15) is 45.4 Å². The molecule has 96 valence electrons. The van der Waals surface area contributed by atoms with Crippen molar-refractivity contribution in [1.29, 1.82) is 0 Å². The standard InChI is InChI=1S/C13H28N2O/c1-13(11-16,14-2)9-6-10-15(3)12-7-4-5-8-12/h12,14,16H,4-11H2,1-3H3. The van der Waals surface area contributed by atoms with Crippen molar-refractivity contribution >= 4 is 0 Å². The highest BCUT2D eigenvalue weighted by atomic mass is 16.3. The molecule has 1 saturated carbocycles. The summed E-state index contributed by atoms with van der Waals surface area (Å²) < 4.78 is 0. The summed E-state index contributed by atoms with van der Waals surface area (Å²) in [6.07, 6.45) is 7.75. The number of aliphatic hydroxyl groups is 1. The number of hydrogen-bond acceptors (Lipinski definition) is 3. The van der Waals surface area contributed by atoms with Crippen LogP contribution in [0.15, 0.2) is 0 Å². The number of nitrogens with one attached hydrogen (secondary N) is 1. The Kier molecular flexibility index (Phi) is 5.73. The molecule has 0 aliphatic heterocycles. The topological polar surface area (TPSA) is 35.5 Å². The normalized spacial score (nSPS) is 21.6. The molecule has 0 spiro atoms. The van der Waals surface area contributed by atoms with Crippen LogP contribution in [0.3, 0.4) is 0 Å². The maximum absolute atomic E-state index is 9.29. The highest BCUT2D eigenvalue weighted by Gasteiger charge is 2.22. The Morgan fingerprint density at radius 1 is 1.38 bits per heavy atom. The largest absolute Gasteiger partial charge is 0.394 e. The first-order valence-electron chi connectivity index (χ1n) is 6.61. The summed E-state index contributed by atoms with van der Waals surface area (Å²) in [6, 6.07) is 0.815. The van der Waals surface area contributed by atoms with E-state index in [0.717, 1.165) is 25.4 Å². The third-order valence-electron chi connectivity index (χ3n) is 4.14. The first-order chi connectivity index (χ1) is 7.61. The highest BCUT2D eigenvalue weighted by molar-refractivity contribution is 4.81. The Bertz CT molecular complexity index is 186. The van der Waals surface area contributed by atoms with Crippen LogP contribution in [0.4, 0.5) is 0 Å². The van der Waals surface area contributed by atoms with E-state index < -0.39 is 0 Å². The van der Waals surface area contributed by atoms with Crippen molar-refractivity contribution in [3.8, 4) is 0 Å². The molecule has 0 aromatic rings. The van der Waals surface area contributed by atoms with E-state index in [4.69, 9.17) is 0 Å². The third kappa shape index (κ3) is 4.04. The smallest absolute Gasteiger partial charge is 0.0610 e. The predicted molar refractivity (Wildman–Crippen MR) is 68.7 cm³/mol. The summed E-state index contributed by atoms with van der Waals surface area (Å²) in [7, 11) is 4.17. The van der Waals surface area contributed by atoms with Crippen molar-refractivity contribution < 1.29 is 5.11 Å². The van der Waals surface area contributed by atoms with Crippen molar-refractivity contribution in [2.45, 2.75) is 57.0 Å². The lowest BCUT2D eigenvalue weighted by molar-refractivity contribution is 0.161. The van der Waals surface area contributed by atoms with Gasteiger partial charge in [0, 0.05) is 11.6 Å². The molecule has 0 saturated heterocycles. The fraction of sp³-hybridized carbons (Fsp3) is 1.00. The summed E-state index contributed by atoms with van der Waals surface area (Å²) in [6.45, 7) is 3.46. The molecule has 2 N–H and O–H groups in total. The Hall–Kier alpha value is -0.120. The number of aliphatic hydroxyl groups excluding tert-OH is 1. The van der Waals surface area contributed by atoms with Crippen molar-refractivity contribution in [3.05, 3.63) is 0 Å². The Morgan fingerprint density at radius 3 is 2.50 bits per heavy atom. The summed E-state index contributed by atoms with van der Waals surface area (Å²) in [5.41, 5.74) is -0.101. The number of hydrogen-bond donors (Lipinski definition) is 2. The quantitative estimate of drug-likeness (QED) is 0.695. The second kappa shape index (κ2) is 6.58. The maximum atomic E-state index is 9.29. The van der Waals surface area contributed by atoms with Crippen LogP contribution in [0.5, 0.6) is 0 Å². The molecule has 1 fully saturated rings. The molecule has 1 rings (SSSR count). The van der Waals surface area contributed by atoms with Crippen molar-refractivity contribution in [2.24, 2.45) is 0 Å². The van der Waals surface area contributed by atoms with E-state index in [-0.39, 0.29) is 12.1 Å². The molecule has 0 bridgehead atoms. The minimum atomic E-state index is -0.101. The predicted octanol–water partition coefficient (Wildman–Crippen LogP) is 1.61. The molecule has 0 aromatic heterocycles. The molecule has 1 unspecified atom stereocenters. The number of rotatable bonds is 7. The van der Waals surface area contributed by atoms with E-state index in [1.165, 1.54) is 25.7 Å². The highest BCUT2D eigenvalue weighted by Crippen LogP contribution is 2.23. The molecule has 0 aromatic carbocycles. The Morgan fingerprint density at radius 2 is 2.00 bits per heavy atom. The SMILES string of the molecule is CNC(C)(CO)CCCN(C)C1CCCC1. The minimum absolute atomic E-state index is 0.101. The van der Waals surface area contributed by atoms with E-state index in [1.54, 1.807) is 0 Å². The molecule has 1 aliphatic rings. The fourth-order valence-corrected chi connectivity index (χ4v) is 2.53. The van der Waals surface area contributed by atoms with Gasteiger partial charge in [0.05, 0.1) is 6.61 Å². The lowest BCUT2D eigenvalue weighted by Gasteiger charge is -2.29. The van der Waals surface area contributed by atoms with Gasteiger partial charge in [-0.3, -0.25) is 0 Å². The van der Waals surface area contributed by atoms with Crippen LogP contribution >= 0.6 is 0 Å². The third-order valence-corrected chi connectivity index (χ3v) is 4.14. The first-order valence-corrected chi connectivity index (χ1v) is 6.61. The second-order valence-corrected chi connectivity index (χ2v) is 5.49. The molecule has 0 heterocycles. The van der Waals surface area contributed by atoms with E-state index in [0.29, 0.717) is 0 Å². The van der Waals surface area contributed by atoms with Gasteiger partial charge in [-0.2, -0.15) is 0 Å². The van der Waals surface area contributed by atoms with Gasteiger partial charge in [0.2, 0.25) is 0 Å². The molecule has 3 heteroatoms. The van der Waals surface area contributed by atoms with Gasteiger partial charge in [0.25, 0.3) is 0 Å². The number of nitrogens with zero attached hydrogens (tertiary/aromatic N) is 1. The molecule has 1 aliphatic carbocycles. The van der Waals surface area contributed by atoms with Crippen LogP contribution in [-0.4, -0.2) is 48.8 Å². The van der Waals surface area contributed by atoms with Gasteiger partial charge in [-0.25, -0.2) is 0 Å². The molecule has 0 amide bonds. The second-order valence-electron chi connectivity index (χ2n) is 5.49. The van der Waals surface area contributed by atoms with Gasteiger partial charge < -0.3 is 15.3 Å². The van der Waals surface area contributed by atoms with E-state index in [2.05, 4.69) is 24.2 Å². The van der Waals surface area contributed by atoms with Crippen LogP contribution in [0.2, 0.25) is 0 Å². The number of likely N-dealkylation sites (N-methyl/N-ethyl adjacent to an activating group) is 1. The van der Waals surface area contributed by atoms with Crippen LogP contribution in [-0.2, 0) is 0 Å². The van der Waals surface area contributed by atoms with E-state index >= 15 is 0 Å². The average Bonchev–Trinajstić information content (AvgIpc) is 2.82. The van der Waals surface area contributed by atoms with Crippen molar-refractivity contribution in [3.63, 3.8) is 0 Å². The van der Waals surface area contributed by atoms with E-state index in [1.807, 2.05) is 7.05 Å². The maximum Gasteiger partial charge on any atom is 0.0610 e. The van der Waals surface area contributed by atoms with Crippen molar-refractivity contribution in [2.75, 3.05) is 27.2 Å². The van der Waals surface area contributed by atoms with Crippen molar-refractivity contribution in [1.82, 2.24) is 10.2 Å². The van der Waals surface area contributed by atoms with E-state index in [9.17, 15) is 5.11 Å². The molecule has 16 heavy (non-hydrogen) atoms. The summed E-state index contributed by atoms with van der Waals surface area (Å²) >= 11 is 0. The van der Waals surface area contributed by atoms with Gasteiger partial charge in [-0.15, -0.1) is 0 Å². The van der Waals surface area contributed by atoms with Gasteiger partial charge in [0.15, 0.2) is 0 Å². The zero-order valence-corrected chi connectivity index (χ0v) is 11.1. The summed E-state index contributed by atoms with van der Waals surface area (Å²) in [5.74, 6) is 0. The molecular formula is C13H28N2O. The lowest BCUT2D eigenvalue weighted by atomic mass is 9.97. The molecule has 1 atom stereocenters. The molecule has 0 radical (unpaired) electrons. The summed E-state index contributed by atoms with van der Waals surface area (Å²) in [4.78, 5) is 2.50. The Balaban J connectivity index is 2.18. The van der Waals surface area contributed by atoms with Crippen LogP contribution < -0.4 is 5.32 Å². The monoisotopic (exact) mass is 228 g/mol. The average molecular weight is 228 g/mol.